The van der Waals surface area contributed by atoms with Gasteiger partial charge in [0.05, 0.1) is 6.61 Å². The van der Waals surface area contributed by atoms with Gasteiger partial charge < -0.3 is 10.5 Å². The van der Waals surface area contributed by atoms with Gasteiger partial charge in [0.2, 0.25) is 0 Å². The highest BCUT2D eigenvalue weighted by Crippen LogP contribution is 2.33. The van der Waals surface area contributed by atoms with E-state index in [-0.39, 0.29) is 0 Å². The smallest absolute Gasteiger partial charge is 0.127 e. The Kier molecular flexibility index (Phi) is 4.24. The van der Waals surface area contributed by atoms with Gasteiger partial charge in [-0.05, 0) is 36.2 Å². The molecule has 0 atom stereocenters. The Morgan fingerprint density at radius 3 is 2.61 bits per heavy atom. The Hall–Kier alpha value is -1.51. The molecular weight excluding hydrogens is 246 g/mol. The molecule has 0 aliphatic heterocycles. The second kappa shape index (κ2) is 5.89. The predicted molar refractivity (Wildman–Crippen MR) is 75.9 cm³/mol. The average molecular weight is 262 g/mol. The third-order valence-corrected chi connectivity index (χ3v) is 3.00. The van der Waals surface area contributed by atoms with Crippen molar-refractivity contribution in [2.45, 2.75) is 13.5 Å². The Morgan fingerprint density at radius 1 is 1.11 bits per heavy atom. The summed E-state index contributed by atoms with van der Waals surface area (Å²) in [5, 5.41) is 0.702. The summed E-state index contributed by atoms with van der Waals surface area (Å²) < 4.78 is 5.65. The molecule has 0 aromatic heterocycles. The highest BCUT2D eigenvalue weighted by atomic mass is 35.5. The Bertz CT molecular complexity index is 540. The molecule has 0 saturated heterocycles. The van der Waals surface area contributed by atoms with Crippen LogP contribution in [0.25, 0.3) is 11.1 Å². The lowest BCUT2D eigenvalue weighted by atomic mass is 9.99. The maximum Gasteiger partial charge on any atom is 0.127 e. The van der Waals surface area contributed by atoms with Gasteiger partial charge in [0.25, 0.3) is 0 Å². The lowest BCUT2D eigenvalue weighted by Crippen LogP contribution is -2.00. The van der Waals surface area contributed by atoms with Crippen LogP contribution in [0.4, 0.5) is 0 Å². The molecule has 0 fully saturated rings. The molecule has 94 valence electrons. The minimum absolute atomic E-state index is 0.455. The van der Waals surface area contributed by atoms with Gasteiger partial charge in [-0.2, -0.15) is 0 Å². The third kappa shape index (κ3) is 2.66. The minimum Gasteiger partial charge on any atom is -0.493 e. The number of para-hydroxylation sites is 1. The van der Waals surface area contributed by atoms with E-state index in [1.807, 2.05) is 49.4 Å². The van der Waals surface area contributed by atoms with Gasteiger partial charge in [0.15, 0.2) is 0 Å². The van der Waals surface area contributed by atoms with E-state index in [2.05, 4.69) is 0 Å². The van der Waals surface area contributed by atoms with Gasteiger partial charge in [-0.15, -0.1) is 0 Å². The first-order valence-corrected chi connectivity index (χ1v) is 6.34. The van der Waals surface area contributed by atoms with Crippen molar-refractivity contribution in [2.75, 3.05) is 6.61 Å². The molecule has 0 amide bonds. The average Bonchev–Trinajstić information content (AvgIpc) is 2.40. The number of rotatable bonds is 4. The second-order valence-corrected chi connectivity index (χ2v) is 4.37. The second-order valence-electron chi connectivity index (χ2n) is 3.93. The number of benzene rings is 2. The van der Waals surface area contributed by atoms with Gasteiger partial charge in [0, 0.05) is 17.1 Å². The van der Waals surface area contributed by atoms with Crippen LogP contribution in [0, 0.1) is 0 Å². The summed E-state index contributed by atoms with van der Waals surface area (Å²) in [5.74, 6) is 0.872. The van der Waals surface area contributed by atoms with Crippen molar-refractivity contribution >= 4 is 11.6 Å². The van der Waals surface area contributed by atoms with Crippen LogP contribution in [0.15, 0.2) is 42.5 Å². The number of hydrogen-bond donors (Lipinski definition) is 1. The molecule has 0 unspecified atom stereocenters. The fraction of sp³-hybridized carbons (Fsp3) is 0.200. The van der Waals surface area contributed by atoms with Crippen LogP contribution in [0.1, 0.15) is 12.5 Å². The van der Waals surface area contributed by atoms with E-state index in [1.54, 1.807) is 0 Å². The Morgan fingerprint density at radius 2 is 1.89 bits per heavy atom. The van der Waals surface area contributed by atoms with Crippen LogP contribution in [0.3, 0.4) is 0 Å². The van der Waals surface area contributed by atoms with E-state index in [0.717, 1.165) is 22.4 Å². The van der Waals surface area contributed by atoms with Crippen molar-refractivity contribution in [3.8, 4) is 16.9 Å². The monoisotopic (exact) mass is 261 g/mol. The van der Waals surface area contributed by atoms with Crippen LogP contribution in [-0.2, 0) is 6.54 Å². The topological polar surface area (TPSA) is 35.2 Å². The molecule has 2 N–H and O–H groups in total. The first kappa shape index (κ1) is 12.9. The minimum atomic E-state index is 0.455. The number of halogens is 1. The molecule has 0 heterocycles. The van der Waals surface area contributed by atoms with Crippen LogP contribution >= 0.6 is 11.6 Å². The SMILES string of the molecule is CCOc1ccccc1-c1ccc(Cl)cc1CN. The van der Waals surface area contributed by atoms with Crippen molar-refractivity contribution < 1.29 is 4.74 Å². The summed E-state index contributed by atoms with van der Waals surface area (Å²) in [6.45, 7) is 3.07. The molecule has 0 aliphatic rings. The summed E-state index contributed by atoms with van der Waals surface area (Å²) in [4.78, 5) is 0. The lowest BCUT2D eigenvalue weighted by Gasteiger charge is -2.13. The predicted octanol–water partition coefficient (Wildman–Crippen LogP) is 3.86. The van der Waals surface area contributed by atoms with E-state index < -0.39 is 0 Å². The molecule has 0 spiro atoms. The molecule has 0 aliphatic carbocycles. The third-order valence-electron chi connectivity index (χ3n) is 2.76. The zero-order valence-corrected chi connectivity index (χ0v) is 11.1. The molecule has 2 nitrogen and oxygen atoms in total. The molecular formula is C15H16ClNO. The lowest BCUT2D eigenvalue weighted by molar-refractivity contribution is 0.341. The molecule has 0 radical (unpaired) electrons. The highest BCUT2D eigenvalue weighted by Gasteiger charge is 2.09. The first-order valence-electron chi connectivity index (χ1n) is 5.97. The van der Waals surface area contributed by atoms with Gasteiger partial charge in [0.1, 0.15) is 5.75 Å². The van der Waals surface area contributed by atoms with E-state index in [1.165, 1.54) is 0 Å². The normalized spacial score (nSPS) is 10.4. The van der Waals surface area contributed by atoms with Gasteiger partial charge in [-0.1, -0.05) is 35.9 Å². The largest absolute Gasteiger partial charge is 0.493 e. The highest BCUT2D eigenvalue weighted by molar-refractivity contribution is 6.30. The van der Waals surface area contributed by atoms with Crippen molar-refractivity contribution in [1.29, 1.82) is 0 Å². The summed E-state index contributed by atoms with van der Waals surface area (Å²) in [6.07, 6.45) is 0. The van der Waals surface area contributed by atoms with Gasteiger partial charge in [-0.25, -0.2) is 0 Å². The molecule has 0 saturated carbocycles. The summed E-state index contributed by atoms with van der Waals surface area (Å²) in [5.41, 5.74) is 8.93. The first-order chi connectivity index (χ1) is 8.76. The maximum absolute atomic E-state index is 6.00. The van der Waals surface area contributed by atoms with E-state index in [9.17, 15) is 0 Å². The van der Waals surface area contributed by atoms with Crippen molar-refractivity contribution in [3.63, 3.8) is 0 Å². The van der Waals surface area contributed by atoms with E-state index >= 15 is 0 Å². The molecule has 2 aromatic carbocycles. The number of ether oxygens (including phenoxy) is 1. The quantitative estimate of drug-likeness (QED) is 0.907. The molecule has 3 heteroatoms. The zero-order valence-electron chi connectivity index (χ0n) is 10.3. The summed E-state index contributed by atoms with van der Waals surface area (Å²) in [7, 11) is 0. The summed E-state index contributed by atoms with van der Waals surface area (Å²) >= 11 is 6.00. The van der Waals surface area contributed by atoms with Crippen LogP contribution in [0.2, 0.25) is 5.02 Å². The molecule has 18 heavy (non-hydrogen) atoms. The fourth-order valence-electron chi connectivity index (χ4n) is 1.96. The van der Waals surface area contributed by atoms with Crippen LogP contribution in [0.5, 0.6) is 5.75 Å². The molecule has 2 rings (SSSR count). The number of nitrogens with two attached hydrogens (primary N) is 1. The van der Waals surface area contributed by atoms with E-state index in [0.29, 0.717) is 18.2 Å². The Labute approximate surface area is 112 Å². The molecule has 2 aromatic rings. The Balaban J connectivity index is 2.54. The number of hydrogen-bond acceptors (Lipinski definition) is 2. The summed E-state index contributed by atoms with van der Waals surface area (Å²) in [6, 6.07) is 13.7. The maximum atomic E-state index is 6.00. The van der Waals surface area contributed by atoms with Crippen molar-refractivity contribution in [3.05, 3.63) is 53.1 Å². The van der Waals surface area contributed by atoms with Crippen molar-refractivity contribution in [1.82, 2.24) is 0 Å². The van der Waals surface area contributed by atoms with Gasteiger partial charge in [-0.3, -0.25) is 0 Å². The van der Waals surface area contributed by atoms with Crippen LogP contribution in [-0.4, -0.2) is 6.61 Å². The van der Waals surface area contributed by atoms with E-state index in [4.69, 9.17) is 22.1 Å². The van der Waals surface area contributed by atoms with Crippen LogP contribution < -0.4 is 10.5 Å². The standard InChI is InChI=1S/C15H16ClNO/c1-2-18-15-6-4-3-5-14(15)13-8-7-12(16)9-11(13)10-17/h3-9H,2,10,17H2,1H3. The fourth-order valence-corrected chi connectivity index (χ4v) is 2.16. The zero-order chi connectivity index (χ0) is 13.0. The van der Waals surface area contributed by atoms with Crippen molar-refractivity contribution in [2.24, 2.45) is 5.73 Å². The van der Waals surface area contributed by atoms with Gasteiger partial charge >= 0.3 is 0 Å². The molecule has 0 bridgehead atoms.